The summed E-state index contributed by atoms with van der Waals surface area (Å²) in [4.78, 5) is 30.1. The zero-order chi connectivity index (χ0) is 21.8. The standard InChI is InChI=1S/C23H21FN4O3/c1-15(23-26-22(27-31-23)17-7-9-18(24)10-8-17)25-20(29)13-6-16-4-11-19(12-5-16)28-14-2-3-21(28)30/h4-13,15H,2-3,14H2,1H3,(H,25,29)/b13-6+. The zero-order valence-corrected chi connectivity index (χ0v) is 16.9. The van der Waals surface area contributed by atoms with E-state index in [1.165, 1.54) is 18.2 Å². The summed E-state index contributed by atoms with van der Waals surface area (Å²) in [5.74, 6) is 0.0519. The highest BCUT2D eigenvalue weighted by Gasteiger charge is 2.21. The number of nitrogens with one attached hydrogen (secondary N) is 1. The molecule has 1 aliphatic rings. The van der Waals surface area contributed by atoms with Crippen LogP contribution in [0.2, 0.25) is 0 Å². The SMILES string of the molecule is CC(NC(=O)/C=C/c1ccc(N2CCCC2=O)cc1)c1nc(-c2ccc(F)cc2)no1. The number of aromatic nitrogens is 2. The molecule has 2 amide bonds. The number of anilines is 1. The number of rotatable bonds is 6. The minimum atomic E-state index is -0.498. The van der Waals surface area contributed by atoms with E-state index in [-0.39, 0.29) is 23.5 Å². The number of halogens is 1. The molecule has 1 fully saturated rings. The van der Waals surface area contributed by atoms with Crippen LogP contribution in [0.3, 0.4) is 0 Å². The van der Waals surface area contributed by atoms with Crippen molar-refractivity contribution in [2.45, 2.75) is 25.8 Å². The van der Waals surface area contributed by atoms with E-state index in [4.69, 9.17) is 4.52 Å². The molecular weight excluding hydrogens is 399 g/mol. The van der Waals surface area contributed by atoms with E-state index in [0.717, 1.165) is 24.2 Å². The van der Waals surface area contributed by atoms with Crippen molar-refractivity contribution in [2.24, 2.45) is 0 Å². The van der Waals surface area contributed by atoms with E-state index in [0.29, 0.717) is 17.8 Å². The van der Waals surface area contributed by atoms with Gasteiger partial charge in [0.2, 0.25) is 23.5 Å². The molecule has 0 bridgehead atoms. The molecule has 1 saturated heterocycles. The third-order valence-corrected chi connectivity index (χ3v) is 4.98. The number of hydrogen-bond donors (Lipinski definition) is 1. The van der Waals surface area contributed by atoms with E-state index in [1.807, 2.05) is 24.3 Å². The molecule has 0 saturated carbocycles. The van der Waals surface area contributed by atoms with Gasteiger partial charge in [-0.25, -0.2) is 4.39 Å². The van der Waals surface area contributed by atoms with Crippen LogP contribution in [0.15, 0.2) is 59.1 Å². The van der Waals surface area contributed by atoms with Gasteiger partial charge in [-0.05, 0) is 61.4 Å². The second kappa shape index (κ2) is 8.91. The van der Waals surface area contributed by atoms with Gasteiger partial charge in [-0.15, -0.1) is 0 Å². The molecule has 0 spiro atoms. The van der Waals surface area contributed by atoms with E-state index in [2.05, 4.69) is 15.5 Å². The van der Waals surface area contributed by atoms with Crippen molar-refractivity contribution < 1.29 is 18.5 Å². The lowest BCUT2D eigenvalue weighted by atomic mass is 10.2. The van der Waals surface area contributed by atoms with Crippen molar-refractivity contribution in [1.29, 1.82) is 0 Å². The summed E-state index contributed by atoms with van der Waals surface area (Å²) in [6.45, 7) is 2.47. The Hall–Kier alpha value is -3.81. The molecule has 7 nitrogen and oxygen atoms in total. The summed E-state index contributed by atoms with van der Waals surface area (Å²) in [6, 6.07) is 12.7. The van der Waals surface area contributed by atoms with Gasteiger partial charge in [0.05, 0.1) is 0 Å². The van der Waals surface area contributed by atoms with Crippen molar-refractivity contribution in [3.63, 3.8) is 0 Å². The Morgan fingerprint density at radius 3 is 2.61 bits per heavy atom. The summed E-state index contributed by atoms with van der Waals surface area (Å²) >= 11 is 0. The van der Waals surface area contributed by atoms with Crippen molar-refractivity contribution >= 4 is 23.6 Å². The van der Waals surface area contributed by atoms with Crippen LogP contribution in [0, 0.1) is 5.82 Å². The maximum Gasteiger partial charge on any atom is 0.249 e. The second-order valence-electron chi connectivity index (χ2n) is 7.27. The first-order valence-electron chi connectivity index (χ1n) is 9.98. The quantitative estimate of drug-likeness (QED) is 0.611. The molecule has 4 rings (SSSR count). The lowest BCUT2D eigenvalue weighted by Gasteiger charge is -2.15. The van der Waals surface area contributed by atoms with Gasteiger partial charge in [0.25, 0.3) is 0 Å². The molecule has 2 heterocycles. The summed E-state index contributed by atoms with van der Waals surface area (Å²) in [7, 11) is 0. The van der Waals surface area contributed by atoms with Crippen molar-refractivity contribution in [3.05, 3.63) is 71.9 Å². The lowest BCUT2D eigenvalue weighted by Crippen LogP contribution is -2.24. The molecule has 0 radical (unpaired) electrons. The van der Waals surface area contributed by atoms with Crippen LogP contribution >= 0.6 is 0 Å². The largest absolute Gasteiger partial charge is 0.341 e. The number of amides is 2. The monoisotopic (exact) mass is 420 g/mol. The zero-order valence-electron chi connectivity index (χ0n) is 16.9. The highest BCUT2D eigenvalue weighted by atomic mass is 19.1. The van der Waals surface area contributed by atoms with Crippen LogP contribution in [-0.2, 0) is 9.59 Å². The molecule has 8 heteroatoms. The highest BCUT2D eigenvalue weighted by molar-refractivity contribution is 5.95. The van der Waals surface area contributed by atoms with Crippen LogP contribution in [0.5, 0.6) is 0 Å². The van der Waals surface area contributed by atoms with Gasteiger partial charge < -0.3 is 14.7 Å². The first-order valence-corrected chi connectivity index (χ1v) is 9.98. The lowest BCUT2D eigenvalue weighted by molar-refractivity contribution is -0.117. The first-order chi connectivity index (χ1) is 15.0. The Morgan fingerprint density at radius 1 is 1.19 bits per heavy atom. The number of carbonyl (C=O) groups excluding carboxylic acids is 2. The number of nitrogens with zero attached hydrogens (tertiary/aromatic N) is 3. The third-order valence-electron chi connectivity index (χ3n) is 4.98. The fourth-order valence-corrected chi connectivity index (χ4v) is 3.31. The van der Waals surface area contributed by atoms with Gasteiger partial charge >= 0.3 is 0 Å². The predicted molar refractivity (Wildman–Crippen MR) is 113 cm³/mol. The number of hydrogen-bond acceptors (Lipinski definition) is 5. The summed E-state index contributed by atoms with van der Waals surface area (Å²) in [5, 5.41) is 6.65. The van der Waals surface area contributed by atoms with Crippen LogP contribution in [0.1, 0.15) is 37.3 Å². The van der Waals surface area contributed by atoms with Crippen molar-refractivity contribution in [3.8, 4) is 11.4 Å². The minimum Gasteiger partial charge on any atom is -0.341 e. The average Bonchev–Trinajstić information content (AvgIpc) is 3.43. The summed E-state index contributed by atoms with van der Waals surface area (Å²) in [5.41, 5.74) is 2.33. The van der Waals surface area contributed by atoms with Crippen LogP contribution in [0.25, 0.3) is 17.5 Å². The van der Waals surface area contributed by atoms with Crippen molar-refractivity contribution in [2.75, 3.05) is 11.4 Å². The highest BCUT2D eigenvalue weighted by Crippen LogP contribution is 2.22. The summed E-state index contributed by atoms with van der Waals surface area (Å²) < 4.78 is 18.3. The molecule has 1 atom stereocenters. The van der Waals surface area contributed by atoms with E-state index in [9.17, 15) is 14.0 Å². The molecule has 31 heavy (non-hydrogen) atoms. The van der Waals surface area contributed by atoms with Gasteiger partial charge in [-0.1, -0.05) is 17.3 Å². The van der Waals surface area contributed by atoms with E-state index in [1.54, 1.807) is 30.0 Å². The number of benzene rings is 2. The normalized spacial score (nSPS) is 14.9. The Labute approximate surface area is 178 Å². The first kappa shape index (κ1) is 20.5. The summed E-state index contributed by atoms with van der Waals surface area (Å²) in [6.07, 6.45) is 4.58. The molecular formula is C23H21FN4O3. The Morgan fingerprint density at radius 2 is 1.94 bits per heavy atom. The van der Waals surface area contributed by atoms with Crippen LogP contribution < -0.4 is 10.2 Å². The Bertz CT molecular complexity index is 1110. The average molecular weight is 420 g/mol. The number of carbonyl (C=O) groups is 2. The molecule has 3 aromatic rings. The maximum atomic E-state index is 13.0. The van der Waals surface area contributed by atoms with Crippen molar-refractivity contribution in [1.82, 2.24) is 15.5 Å². The van der Waals surface area contributed by atoms with Gasteiger partial charge in [0.15, 0.2) is 0 Å². The third kappa shape index (κ3) is 4.85. The minimum absolute atomic E-state index is 0.139. The van der Waals surface area contributed by atoms with E-state index >= 15 is 0 Å². The molecule has 1 aliphatic heterocycles. The molecule has 1 N–H and O–H groups in total. The van der Waals surface area contributed by atoms with Crippen LogP contribution in [0.4, 0.5) is 10.1 Å². The predicted octanol–water partition coefficient (Wildman–Crippen LogP) is 3.89. The smallest absolute Gasteiger partial charge is 0.249 e. The van der Waals surface area contributed by atoms with Crippen LogP contribution in [-0.4, -0.2) is 28.5 Å². The van der Waals surface area contributed by atoms with Gasteiger partial charge in [-0.3, -0.25) is 9.59 Å². The molecule has 1 aromatic heterocycles. The van der Waals surface area contributed by atoms with E-state index < -0.39 is 6.04 Å². The topological polar surface area (TPSA) is 88.3 Å². The maximum absolute atomic E-state index is 13.0. The van der Waals surface area contributed by atoms with Gasteiger partial charge in [0.1, 0.15) is 11.9 Å². The fourth-order valence-electron chi connectivity index (χ4n) is 3.31. The Kier molecular flexibility index (Phi) is 5.88. The molecule has 0 aliphatic carbocycles. The molecule has 1 unspecified atom stereocenters. The van der Waals surface area contributed by atoms with Gasteiger partial charge in [0, 0.05) is 30.3 Å². The second-order valence-corrected chi connectivity index (χ2v) is 7.27. The molecule has 2 aromatic carbocycles. The Balaban J connectivity index is 1.34. The van der Waals surface area contributed by atoms with Gasteiger partial charge in [-0.2, -0.15) is 4.98 Å². The molecule has 158 valence electrons. The fraction of sp³-hybridized carbons (Fsp3) is 0.217.